The minimum absolute atomic E-state index is 0.535. The zero-order valence-electron chi connectivity index (χ0n) is 11.3. The number of anilines is 1. The summed E-state index contributed by atoms with van der Waals surface area (Å²) in [4.78, 5) is 7.26. The van der Waals surface area contributed by atoms with E-state index >= 15 is 0 Å². The van der Waals surface area contributed by atoms with Gasteiger partial charge in [0.05, 0.1) is 0 Å². The molecule has 2 aliphatic rings. The first kappa shape index (κ1) is 12.0. The van der Waals surface area contributed by atoms with E-state index in [4.69, 9.17) is 4.98 Å². The minimum atomic E-state index is 0.535. The molecule has 0 aliphatic carbocycles. The third-order valence-corrected chi connectivity index (χ3v) is 4.23. The summed E-state index contributed by atoms with van der Waals surface area (Å²) in [6, 6.07) is 5.04. The minimum Gasteiger partial charge on any atom is -0.357 e. The molecule has 3 heterocycles. The Morgan fingerprint density at radius 1 is 1.17 bits per heavy atom. The van der Waals surface area contributed by atoms with Crippen LogP contribution in [0.5, 0.6) is 0 Å². The lowest BCUT2D eigenvalue weighted by Gasteiger charge is -2.28. The number of piperidine rings is 1. The normalized spacial score (nSPS) is 24.5. The van der Waals surface area contributed by atoms with Crippen LogP contribution in [0.2, 0.25) is 0 Å². The molecule has 3 rings (SSSR count). The lowest BCUT2D eigenvalue weighted by molar-refractivity contribution is 0.572. The molecule has 0 aromatic carbocycles. The molecule has 0 saturated carbocycles. The number of pyridine rings is 1. The highest BCUT2D eigenvalue weighted by molar-refractivity contribution is 5.42. The van der Waals surface area contributed by atoms with Crippen molar-refractivity contribution in [1.29, 1.82) is 0 Å². The molecule has 2 fully saturated rings. The van der Waals surface area contributed by atoms with Crippen molar-refractivity contribution in [2.24, 2.45) is 0 Å². The molecule has 1 atom stereocenters. The average Bonchev–Trinajstić information content (AvgIpc) is 2.93. The van der Waals surface area contributed by atoms with Crippen LogP contribution in [0.4, 0.5) is 5.82 Å². The molecule has 2 saturated heterocycles. The molecule has 0 bridgehead atoms. The SMILES string of the molecule is Cc1nc(N2CCCCC2)ccc1C1CCCN1. The van der Waals surface area contributed by atoms with Crippen LogP contribution in [-0.4, -0.2) is 24.6 Å². The predicted octanol–water partition coefficient (Wildman–Crippen LogP) is 2.80. The van der Waals surface area contributed by atoms with Crippen LogP contribution in [0.15, 0.2) is 12.1 Å². The summed E-state index contributed by atoms with van der Waals surface area (Å²) in [5, 5.41) is 3.56. The van der Waals surface area contributed by atoms with Crippen molar-refractivity contribution >= 4 is 5.82 Å². The van der Waals surface area contributed by atoms with Crippen molar-refractivity contribution in [1.82, 2.24) is 10.3 Å². The second-order valence-electron chi connectivity index (χ2n) is 5.54. The van der Waals surface area contributed by atoms with Gasteiger partial charge in [-0.05, 0) is 57.2 Å². The highest BCUT2D eigenvalue weighted by atomic mass is 15.2. The van der Waals surface area contributed by atoms with Crippen molar-refractivity contribution in [3.63, 3.8) is 0 Å². The Morgan fingerprint density at radius 2 is 2.00 bits per heavy atom. The van der Waals surface area contributed by atoms with Crippen molar-refractivity contribution in [3.8, 4) is 0 Å². The second kappa shape index (κ2) is 5.27. The molecule has 0 radical (unpaired) electrons. The Kier molecular flexibility index (Phi) is 3.50. The van der Waals surface area contributed by atoms with Gasteiger partial charge in [0.15, 0.2) is 0 Å². The van der Waals surface area contributed by atoms with Crippen LogP contribution in [0.25, 0.3) is 0 Å². The monoisotopic (exact) mass is 245 g/mol. The number of hydrogen-bond donors (Lipinski definition) is 1. The first-order valence-electron chi connectivity index (χ1n) is 7.30. The molecule has 0 amide bonds. The van der Waals surface area contributed by atoms with Gasteiger partial charge in [-0.2, -0.15) is 0 Å². The quantitative estimate of drug-likeness (QED) is 0.868. The van der Waals surface area contributed by atoms with Crippen LogP contribution in [0.3, 0.4) is 0 Å². The highest BCUT2D eigenvalue weighted by Crippen LogP contribution is 2.27. The number of hydrogen-bond acceptors (Lipinski definition) is 3. The maximum Gasteiger partial charge on any atom is 0.128 e. The highest BCUT2D eigenvalue weighted by Gasteiger charge is 2.20. The van der Waals surface area contributed by atoms with Gasteiger partial charge in [0.1, 0.15) is 5.82 Å². The average molecular weight is 245 g/mol. The number of nitrogens with one attached hydrogen (secondary N) is 1. The fraction of sp³-hybridized carbons (Fsp3) is 0.667. The van der Waals surface area contributed by atoms with Crippen LogP contribution in [0.1, 0.15) is 49.4 Å². The van der Waals surface area contributed by atoms with E-state index in [0.717, 1.165) is 6.54 Å². The van der Waals surface area contributed by atoms with Gasteiger partial charge in [0.25, 0.3) is 0 Å². The fourth-order valence-electron chi connectivity index (χ4n) is 3.18. The van der Waals surface area contributed by atoms with Crippen molar-refractivity contribution in [3.05, 3.63) is 23.4 Å². The number of aryl methyl sites for hydroxylation is 1. The zero-order chi connectivity index (χ0) is 12.4. The van der Waals surface area contributed by atoms with Crippen LogP contribution < -0.4 is 10.2 Å². The summed E-state index contributed by atoms with van der Waals surface area (Å²) < 4.78 is 0. The molecule has 98 valence electrons. The van der Waals surface area contributed by atoms with Gasteiger partial charge in [-0.25, -0.2) is 4.98 Å². The predicted molar refractivity (Wildman–Crippen MR) is 75.0 cm³/mol. The summed E-state index contributed by atoms with van der Waals surface area (Å²) in [5.41, 5.74) is 2.60. The van der Waals surface area contributed by atoms with Crippen molar-refractivity contribution < 1.29 is 0 Å². The summed E-state index contributed by atoms with van der Waals surface area (Å²) in [5.74, 6) is 1.17. The van der Waals surface area contributed by atoms with Gasteiger partial charge in [-0.1, -0.05) is 6.07 Å². The van der Waals surface area contributed by atoms with Gasteiger partial charge in [0.2, 0.25) is 0 Å². The van der Waals surface area contributed by atoms with Gasteiger partial charge >= 0.3 is 0 Å². The van der Waals surface area contributed by atoms with E-state index in [9.17, 15) is 0 Å². The molecule has 18 heavy (non-hydrogen) atoms. The lowest BCUT2D eigenvalue weighted by atomic mass is 10.0. The van der Waals surface area contributed by atoms with E-state index in [-0.39, 0.29) is 0 Å². The summed E-state index contributed by atoms with van der Waals surface area (Å²) in [6.45, 7) is 5.65. The fourth-order valence-corrected chi connectivity index (χ4v) is 3.18. The Balaban J connectivity index is 1.79. The molecule has 3 heteroatoms. The topological polar surface area (TPSA) is 28.2 Å². The molecule has 2 aliphatic heterocycles. The standard InChI is InChI=1S/C15H23N3/c1-12-13(14-6-5-9-16-14)7-8-15(17-12)18-10-3-2-4-11-18/h7-8,14,16H,2-6,9-11H2,1H3. The third kappa shape index (κ3) is 2.37. The number of aromatic nitrogens is 1. The summed E-state index contributed by atoms with van der Waals surface area (Å²) >= 11 is 0. The van der Waals surface area contributed by atoms with Gasteiger partial charge in [0, 0.05) is 24.8 Å². The zero-order valence-corrected chi connectivity index (χ0v) is 11.3. The van der Waals surface area contributed by atoms with Gasteiger partial charge < -0.3 is 10.2 Å². The Hall–Kier alpha value is -1.09. The lowest BCUT2D eigenvalue weighted by Crippen LogP contribution is -2.30. The molecule has 1 N–H and O–H groups in total. The number of nitrogens with zero attached hydrogens (tertiary/aromatic N) is 2. The second-order valence-corrected chi connectivity index (χ2v) is 5.54. The molecule has 0 spiro atoms. The molecular weight excluding hydrogens is 222 g/mol. The summed E-state index contributed by atoms with van der Waals surface area (Å²) in [7, 11) is 0. The maximum atomic E-state index is 4.83. The third-order valence-electron chi connectivity index (χ3n) is 4.23. The van der Waals surface area contributed by atoms with Crippen LogP contribution in [-0.2, 0) is 0 Å². The van der Waals surface area contributed by atoms with Gasteiger partial charge in [-0.3, -0.25) is 0 Å². The molecular formula is C15H23N3. The van der Waals surface area contributed by atoms with Crippen molar-refractivity contribution in [2.75, 3.05) is 24.5 Å². The largest absolute Gasteiger partial charge is 0.357 e. The smallest absolute Gasteiger partial charge is 0.128 e. The molecule has 1 aromatic heterocycles. The van der Waals surface area contributed by atoms with E-state index < -0.39 is 0 Å². The van der Waals surface area contributed by atoms with E-state index in [2.05, 4.69) is 29.3 Å². The molecule has 1 aromatic rings. The van der Waals surface area contributed by atoms with Crippen LogP contribution >= 0.6 is 0 Å². The first-order chi connectivity index (χ1) is 8.84. The Bertz CT molecular complexity index is 404. The first-order valence-corrected chi connectivity index (χ1v) is 7.30. The maximum absolute atomic E-state index is 4.83. The molecule has 3 nitrogen and oxygen atoms in total. The van der Waals surface area contributed by atoms with Crippen molar-refractivity contribution in [2.45, 2.75) is 45.1 Å². The van der Waals surface area contributed by atoms with E-state index in [1.54, 1.807) is 0 Å². The van der Waals surface area contributed by atoms with E-state index in [0.29, 0.717) is 6.04 Å². The molecule has 1 unspecified atom stereocenters. The Morgan fingerprint density at radius 3 is 2.67 bits per heavy atom. The van der Waals surface area contributed by atoms with E-state index in [1.165, 1.54) is 62.3 Å². The van der Waals surface area contributed by atoms with Crippen LogP contribution in [0, 0.1) is 6.92 Å². The summed E-state index contributed by atoms with van der Waals surface area (Å²) in [6.07, 6.45) is 6.54. The van der Waals surface area contributed by atoms with Gasteiger partial charge in [-0.15, -0.1) is 0 Å². The van der Waals surface area contributed by atoms with E-state index in [1.807, 2.05) is 0 Å². The number of rotatable bonds is 2. The Labute approximate surface area is 110 Å².